The highest BCUT2D eigenvalue weighted by Crippen LogP contribution is 2.41. The molecule has 42 heavy (non-hydrogen) atoms. The molecule has 12 nitrogen and oxygen atoms in total. The Morgan fingerprint density at radius 2 is 1.90 bits per heavy atom. The number of hydrogen-bond donors (Lipinski definition) is 3. The van der Waals surface area contributed by atoms with E-state index in [-0.39, 0.29) is 48.0 Å². The number of fused-ring (bicyclic) bond motifs is 1. The Kier molecular flexibility index (Phi) is 9.53. The number of carbonyl (C=O) groups is 1. The molecule has 0 saturated carbocycles. The minimum absolute atomic E-state index is 0.00589. The van der Waals surface area contributed by atoms with Crippen molar-refractivity contribution >= 4 is 27.5 Å². The van der Waals surface area contributed by atoms with Crippen LogP contribution < -0.4 is 24.4 Å². The third kappa shape index (κ3) is 7.71. The standard InChI is InChI=1S/C24H32F5N5O7S/c1-6-39-19-18(12-33(32-19)20(25)26)42(37,38)34-11-15(10-30-13-22(2,3)36)40-17-8-7-14(9-16(17)34)31-21(35)41-23(4,5)24(27,28)29/h7-9,12,15,20,30,36H,6,10-11,13H2,1-5H3,(H,31,35)/t15-/m0/s1. The number of benzene rings is 1. The highest BCUT2D eigenvalue weighted by atomic mass is 32.2. The van der Waals surface area contributed by atoms with Gasteiger partial charge < -0.3 is 24.6 Å². The van der Waals surface area contributed by atoms with Crippen molar-refractivity contribution in [2.45, 2.75) is 69.5 Å². The molecule has 2 heterocycles. The van der Waals surface area contributed by atoms with Crippen LogP contribution in [0.15, 0.2) is 29.3 Å². The molecule has 1 amide bonds. The number of rotatable bonds is 11. The number of ether oxygens (including phenoxy) is 3. The molecule has 3 rings (SSSR count). The van der Waals surface area contributed by atoms with Gasteiger partial charge in [0.25, 0.3) is 15.9 Å². The number of aromatic nitrogens is 2. The second kappa shape index (κ2) is 12.1. The summed E-state index contributed by atoms with van der Waals surface area (Å²) in [5, 5.41) is 18.6. The van der Waals surface area contributed by atoms with Crippen molar-refractivity contribution < 1.29 is 54.5 Å². The molecule has 0 aliphatic carbocycles. The summed E-state index contributed by atoms with van der Waals surface area (Å²) in [4.78, 5) is 11.6. The molecule has 0 bridgehead atoms. The van der Waals surface area contributed by atoms with E-state index in [0.29, 0.717) is 20.0 Å². The summed E-state index contributed by atoms with van der Waals surface area (Å²) in [5.74, 6) is -0.580. The van der Waals surface area contributed by atoms with E-state index in [2.05, 4.69) is 20.5 Å². The van der Waals surface area contributed by atoms with Crippen molar-refractivity contribution in [3.05, 3.63) is 24.4 Å². The average Bonchev–Trinajstić information content (AvgIpc) is 3.27. The molecule has 1 atom stereocenters. The van der Waals surface area contributed by atoms with Gasteiger partial charge in [0, 0.05) is 18.8 Å². The minimum Gasteiger partial charge on any atom is -0.485 e. The molecular formula is C24H32F5N5O7S. The summed E-state index contributed by atoms with van der Waals surface area (Å²) >= 11 is 0. The fraction of sp³-hybridized carbons (Fsp3) is 0.583. The quantitative estimate of drug-likeness (QED) is 0.316. The summed E-state index contributed by atoms with van der Waals surface area (Å²) in [5.41, 5.74) is -4.22. The van der Waals surface area contributed by atoms with Gasteiger partial charge >= 0.3 is 18.8 Å². The average molecular weight is 630 g/mol. The van der Waals surface area contributed by atoms with Crippen LogP contribution in [-0.4, -0.2) is 79.1 Å². The van der Waals surface area contributed by atoms with Crippen LogP contribution in [0.5, 0.6) is 11.6 Å². The first kappa shape index (κ1) is 33.1. The second-order valence-corrected chi connectivity index (χ2v) is 12.2. The predicted octanol–water partition coefficient (Wildman–Crippen LogP) is 3.88. The van der Waals surface area contributed by atoms with Gasteiger partial charge in [0.15, 0.2) is 4.90 Å². The molecule has 0 spiro atoms. The lowest BCUT2D eigenvalue weighted by atomic mass is 10.1. The van der Waals surface area contributed by atoms with Crippen molar-refractivity contribution in [1.82, 2.24) is 15.1 Å². The van der Waals surface area contributed by atoms with E-state index in [4.69, 9.17) is 9.47 Å². The molecule has 3 N–H and O–H groups in total. The summed E-state index contributed by atoms with van der Waals surface area (Å²) in [6, 6.07) is 3.64. The van der Waals surface area contributed by atoms with E-state index < -0.39 is 56.9 Å². The van der Waals surface area contributed by atoms with Gasteiger partial charge in [-0.2, -0.15) is 22.0 Å². The minimum atomic E-state index is -4.87. The van der Waals surface area contributed by atoms with Crippen molar-refractivity contribution in [2.75, 3.05) is 35.9 Å². The van der Waals surface area contributed by atoms with Crippen LogP contribution in [0.4, 0.5) is 38.1 Å². The summed E-state index contributed by atoms with van der Waals surface area (Å²) in [7, 11) is -4.68. The molecule has 0 fully saturated rings. The number of amides is 1. The maximum absolute atomic E-state index is 13.9. The summed E-state index contributed by atoms with van der Waals surface area (Å²) < 4.78 is 111. The third-order valence-corrected chi connectivity index (χ3v) is 7.57. The topological polar surface area (TPSA) is 144 Å². The maximum Gasteiger partial charge on any atom is 0.427 e. The number of hydrogen-bond acceptors (Lipinski definition) is 9. The number of anilines is 2. The lowest BCUT2D eigenvalue weighted by molar-refractivity contribution is -0.242. The number of alkyl halides is 5. The van der Waals surface area contributed by atoms with Crippen LogP contribution in [0.2, 0.25) is 0 Å². The molecule has 0 saturated heterocycles. The largest absolute Gasteiger partial charge is 0.485 e. The molecule has 1 aromatic heterocycles. The molecule has 1 aromatic carbocycles. The van der Waals surface area contributed by atoms with Gasteiger partial charge in [0.1, 0.15) is 11.9 Å². The molecule has 18 heteroatoms. The van der Waals surface area contributed by atoms with Gasteiger partial charge in [-0.25, -0.2) is 17.9 Å². The van der Waals surface area contributed by atoms with Crippen LogP contribution in [0, 0.1) is 0 Å². The Labute approximate surface area is 238 Å². The number of sulfonamides is 1. The van der Waals surface area contributed by atoms with Gasteiger partial charge in [0.2, 0.25) is 5.60 Å². The van der Waals surface area contributed by atoms with Crippen LogP contribution >= 0.6 is 0 Å². The van der Waals surface area contributed by atoms with E-state index in [1.165, 1.54) is 19.1 Å². The van der Waals surface area contributed by atoms with E-state index >= 15 is 0 Å². The Bertz CT molecular complexity index is 1380. The van der Waals surface area contributed by atoms with Gasteiger partial charge in [-0.15, -0.1) is 5.10 Å². The lowest BCUT2D eigenvalue weighted by Crippen LogP contribution is -2.49. The van der Waals surface area contributed by atoms with Gasteiger partial charge in [-0.3, -0.25) is 9.62 Å². The van der Waals surface area contributed by atoms with Crippen LogP contribution in [-0.2, 0) is 14.8 Å². The molecule has 2 aromatic rings. The summed E-state index contributed by atoms with van der Waals surface area (Å²) in [6.45, 7) is 2.48. The SMILES string of the molecule is CCOc1nn(C(F)F)cc1S(=O)(=O)N1C[C@H](CNCC(C)(C)O)Oc2ccc(NC(=O)OC(C)(C)C(F)(F)F)cc21. The monoisotopic (exact) mass is 629 g/mol. The number of carbonyl (C=O) groups excluding carboxylic acids is 1. The number of aliphatic hydroxyl groups is 1. The van der Waals surface area contributed by atoms with Crippen molar-refractivity contribution in [3.63, 3.8) is 0 Å². The first-order valence-electron chi connectivity index (χ1n) is 12.6. The second-order valence-electron chi connectivity index (χ2n) is 10.4. The van der Waals surface area contributed by atoms with E-state index in [1.54, 1.807) is 13.8 Å². The van der Waals surface area contributed by atoms with Gasteiger partial charge in [0.05, 0.1) is 30.6 Å². The number of nitrogens with zero attached hydrogens (tertiary/aromatic N) is 3. The maximum atomic E-state index is 13.9. The Morgan fingerprint density at radius 1 is 1.24 bits per heavy atom. The molecule has 0 unspecified atom stereocenters. The Hall–Kier alpha value is -3.38. The van der Waals surface area contributed by atoms with E-state index in [0.717, 1.165) is 10.4 Å². The first-order chi connectivity index (χ1) is 19.2. The normalized spacial score (nSPS) is 16.2. The smallest absolute Gasteiger partial charge is 0.427 e. The van der Waals surface area contributed by atoms with Crippen LogP contribution in [0.25, 0.3) is 0 Å². The fourth-order valence-electron chi connectivity index (χ4n) is 3.69. The zero-order chi connectivity index (χ0) is 31.7. The van der Waals surface area contributed by atoms with Gasteiger partial charge in [-0.1, -0.05) is 0 Å². The van der Waals surface area contributed by atoms with Crippen molar-refractivity contribution in [2.24, 2.45) is 0 Å². The van der Waals surface area contributed by atoms with E-state index in [1.807, 2.05) is 0 Å². The number of halogens is 5. The zero-order valence-electron chi connectivity index (χ0n) is 23.3. The Balaban J connectivity index is 2.01. The Morgan fingerprint density at radius 3 is 2.48 bits per heavy atom. The highest BCUT2D eigenvalue weighted by Gasteiger charge is 2.51. The van der Waals surface area contributed by atoms with Gasteiger partial charge in [-0.05, 0) is 52.8 Å². The van der Waals surface area contributed by atoms with E-state index in [9.17, 15) is 40.3 Å². The molecular weight excluding hydrogens is 597 g/mol. The third-order valence-electron chi connectivity index (χ3n) is 5.81. The van der Waals surface area contributed by atoms with Crippen molar-refractivity contribution in [3.8, 4) is 11.6 Å². The highest BCUT2D eigenvalue weighted by molar-refractivity contribution is 7.93. The number of nitrogens with one attached hydrogen (secondary N) is 2. The lowest BCUT2D eigenvalue weighted by Gasteiger charge is -2.36. The predicted molar refractivity (Wildman–Crippen MR) is 139 cm³/mol. The molecule has 0 radical (unpaired) electrons. The molecule has 1 aliphatic rings. The van der Waals surface area contributed by atoms with Crippen molar-refractivity contribution in [1.29, 1.82) is 0 Å². The van der Waals surface area contributed by atoms with Crippen LogP contribution in [0.3, 0.4) is 0 Å². The van der Waals surface area contributed by atoms with Crippen LogP contribution in [0.1, 0.15) is 41.2 Å². The molecule has 236 valence electrons. The fourth-order valence-corrected chi connectivity index (χ4v) is 5.25. The summed E-state index contributed by atoms with van der Waals surface area (Å²) in [6.07, 6.45) is -6.56. The molecule has 1 aliphatic heterocycles. The zero-order valence-corrected chi connectivity index (χ0v) is 24.1. The first-order valence-corrected chi connectivity index (χ1v) is 14.0.